The first-order valence-corrected chi connectivity index (χ1v) is 8.25. The molecule has 9 heteroatoms. The fraction of sp³-hybridized carbons (Fsp3) is 0.545. The van der Waals surface area contributed by atoms with Crippen LogP contribution in [-0.2, 0) is 14.6 Å². The third-order valence-corrected chi connectivity index (χ3v) is 6.15. The van der Waals surface area contributed by atoms with Crippen LogP contribution in [0.3, 0.4) is 0 Å². The van der Waals surface area contributed by atoms with E-state index in [4.69, 9.17) is 5.11 Å². The van der Waals surface area contributed by atoms with Crippen LogP contribution in [0.1, 0.15) is 29.9 Å². The summed E-state index contributed by atoms with van der Waals surface area (Å²) in [7, 11) is -2.29. The van der Waals surface area contributed by atoms with E-state index in [0.717, 1.165) is 22.7 Å². The Balaban J connectivity index is 3.30. The second kappa shape index (κ2) is 5.13. The summed E-state index contributed by atoms with van der Waals surface area (Å²) in [6.07, 6.45) is 0.967. The molecule has 1 N–H and O–H groups in total. The summed E-state index contributed by atoms with van der Waals surface area (Å²) in [4.78, 5) is 24.6. The molecular weight excluding hydrogens is 304 g/mol. The maximum Gasteiger partial charge on any atom is 0.340 e. The van der Waals surface area contributed by atoms with Crippen molar-refractivity contribution in [3.8, 4) is 0 Å². The Hall–Kier alpha value is -1.48. The van der Waals surface area contributed by atoms with Crippen molar-refractivity contribution < 1.29 is 23.1 Å². The summed E-state index contributed by atoms with van der Waals surface area (Å²) in [6.45, 7) is 4.09. The molecule has 112 valence electrons. The SMILES string of the molecule is Cc1nsc(N(C)C(=O)C(C)(C)S(C)(=O)=O)c1C(=O)O. The van der Waals surface area contributed by atoms with Crippen molar-refractivity contribution in [1.29, 1.82) is 0 Å². The third-order valence-electron chi connectivity index (χ3n) is 3.11. The van der Waals surface area contributed by atoms with E-state index in [9.17, 15) is 18.0 Å². The molecule has 0 aliphatic carbocycles. The van der Waals surface area contributed by atoms with Gasteiger partial charge in [0.2, 0.25) is 5.91 Å². The molecule has 1 heterocycles. The number of hydrogen-bond acceptors (Lipinski definition) is 6. The number of aryl methyl sites for hydroxylation is 1. The Morgan fingerprint density at radius 1 is 1.35 bits per heavy atom. The number of aromatic nitrogens is 1. The first-order valence-electron chi connectivity index (χ1n) is 5.58. The van der Waals surface area contributed by atoms with Gasteiger partial charge in [0.1, 0.15) is 15.3 Å². The normalized spacial score (nSPS) is 12.2. The highest BCUT2D eigenvalue weighted by Crippen LogP contribution is 2.30. The molecule has 0 spiro atoms. The summed E-state index contributed by atoms with van der Waals surface area (Å²) in [5, 5.41) is 9.26. The van der Waals surface area contributed by atoms with E-state index < -0.39 is 26.5 Å². The zero-order valence-electron chi connectivity index (χ0n) is 11.8. The predicted octanol–water partition coefficient (Wildman–Crippen LogP) is 0.936. The minimum absolute atomic E-state index is 0.0878. The number of hydrogen-bond donors (Lipinski definition) is 1. The lowest BCUT2D eigenvalue weighted by atomic mass is 10.1. The Kier molecular flexibility index (Phi) is 4.25. The summed E-state index contributed by atoms with van der Waals surface area (Å²) in [5.41, 5.74) is 0.199. The lowest BCUT2D eigenvalue weighted by Crippen LogP contribution is -2.48. The van der Waals surface area contributed by atoms with E-state index >= 15 is 0 Å². The quantitative estimate of drug-likeness (QED) is 0.885. The van der Waals surface area contributed by atoms with Gasteiger partial charge in [-0.1, -0.05) is 0 Å². The molecule has 7 nitrogen and oxygen atoms in total. The van der Waals surface area contributed by atoms with Gasteiger partial charge in [-0.15, -0.1) is 0 Å². The molecule has 0 aromatic carbocycles. The highest BCUT2D eigenvalue weighted by molar-refractivity contribution is 7.92. The second-order valence-corrected chi connectivity index (χ2v) is 8.22. The van der Waals surface area contributed by atoms with Crippen molar-refractivity contribution in [1.82, 2.24) is 4.37 Å². The van der Waals surface area contributed by atoms with Gasteiger partial charge in [0.05, 0.1) is 5.69 Å². The average Bonchev–Trinajstić information content (AvgIpc) is 2.67. The second-order valence-electron chi connectivity index (χ2n) is 4.90. The molecular formula is C11H16N2O5S2. The van der Waals surface area contributed by atoms with E-state index in [2.05, 4.69) is 4.37 Å². The maximum atomic E-state index is 12.3. The van der Waals surface area contributed by atoms with E-state index in [1.165, 1.54) is 27.8 Å². The molecule has 0 atom stereocenters. The van der Waals surface area contributed by atoms with E-state index in [0.29, 0.717) is 0 Å². The van der Waals surface area contributed by atoms with Crippen LogP contribution in [0.25, 0.3) is 0 Å². The van der Waals surface area contributed by atoms with Gasteiger partial charge in [-0.05, 0) is 32.3 Å². The van der Waals surface area contributed by atoms with Crippen molar-refractivity contribution in [2.45, 2.75) is 25.5 Å². The lowest BCUT2D eigenvalue weighted by molar-refractivity contribution is -0.120. The average molecular weight is 320 g/mol. The summed E-state index contributed by atoms with van der Waals surface area (Å²) in [6, 6.07) is 0. The molecule has 0 saturated heterocycles. The number of aromatic carboxylic acids is 1. The van der Waals surface area contributed by atoms with Gasteiger partial charge in [-0.3, -0.25) is 4.79 Å². The van der Waals surface area contributed by atoms with E-state index in [-0.39, 0.29) is 16.3 Å². The van der Waals surface area contributed by atoms with Gasteiger partial charge < -0.3 is 10.0 Å². The van der Waals surface area contributed by atoms with Gasteiger partial charge in [0.15, 0.2) is 9.84 Å². The topological polar surface area (TPSA) is 105 Å². The van der Waals surface area contributed by atoms with Gasteiger partial charge in [0, 0.05) is 13.3 Å². The van der Waals surface area contributed by atoms with Crippen LogP contribution in [0.4, 0.5) is 5.00 Å². The number of carbonyl (C=O) groups excluding carboxylic acids is 1. The van der Waals surface area contributed by atoms with Crippen LogP contribution in [0.5, 0.6) is 0 Å². The number of carboxylic acid groups (broad SMARTS) is 1. The zero-order valence-corrected chi connectivity index (χ0v) is 13.4. The largest absolute Gasteiger partial charge is 0.478 e. The van der Waals surface area contributed by atoms with Crippen molar-refractivity contribution >= 4 is 38.2 Å². The summed E-state index contributed by atoms with van der Waals surface area (Å²) < 4.78 is 25.6. The van der Waals surface area contributed by atoms with Crippen LogP contribution in [-0.4, -0.2) is 47.8 Å². The number of amides is 1. The Bertz CT molecular complexity index is 660. The zero-order chi connectivity index (χ0) is 15.9. The standard InChI is InChI=1S/C11H16N2O5S2/c1-6-7(9(14)15)8(19-12-6)13(4)10(16)11(2,3)20(5,17)18/h1-5H3,(H,14,15). The molecule has 1 rings (SSSR count). The van der Waals surface area contributed by atoms with Gasteiger partial charge in [-0.25, -0.2) is 13.2 Å². The predicted molar refractivity (Wildman–Crippen MR) is 76.1 cm³/mol. The van der Waals surface area contributed by atoms with Gasteiger partial charge >= 0.3 is 5.97 Å². The molecule has 1 aromatic rings. The fourth-order valence-corrected chi connectivity index (χ4v) is 2.79. The molecule has 0 aliphatic heterocycles. The van der Waals surface area contributed by atoms with Crippen LogP contribution in [0, 0.1) is 6.92 Å². The van der Waals surface area contributed by atoms with Crippen molar-refractivity contribution in [2.75, 3.05) is 18.2 Å². The minimum atomic E-state index is -3.64. The minimum Gasteiger partial charge on any atom is -0.478 e. The number of sulfone groups is 1. The highest BCUT2D eigenvalue weighted by Gasteiger charge is 2.42. The van der Waals surface area contributed by atoms with Crippen molar-refractivity contribution in [3.05, 3.63) is 11.3 Å². The molecule has 1 amide bonds. The van der Waals surface area contributed by atoms with Crippen LogP contribution in [0.2, 0.25) is 0 Å². The fourth-order valence-electron chi connectivity index (χ4n) is 1.49. The number of nitrogens with zero attached hydrogens (tertiary/aromatic N) is 2. The summed E-state index contributed by atoms with van der Waals surface area (Å²) in [5.74, 6) is -1.91. The lowest BCUT2D eigenvalue weighted by Gasteiger charge is -2.27. The van der Waals surface area contributed by atoms with Crippen molar-refractivity contribution in [3.63, 3.8) is 0 Å². The molecule has 0 radical (unpaired) electrons. The first kappa shape index (κ1) is 16.6. The van der Waals surface area contributed by atoms with Crippen LogP contribution >= 0.6 is 11.5 Å². The molecule has 20 heavy (non-hydrogen) atoms. The van der Waals surface area contributed by atoms with E-state index in [1.54, 1.807) is 0 Å². The Labute approximate surface area is 121 Å². The molecule has 0 saturated carbocycles. The summed E-state index contributed by atoms with van der Waals surface area (Å²) >= 11 is 0.847. The van der Waals surface area contributed by atoms with E-state index in [1.807, 2.05) is 0 Å². The first-order chi connectivity index (χ1) is 8.91. The smallest absolute Gasteiger partial charge is 0.340 e. The Morgan fingerprint density at radius 3 is 2.25 bits per heavy atom. The highest BCUT2D eigenvalue weighted by atomic mass is 32.2. The molecule has 0 fully saturated rings. The third kappa shape index (κ3) is 2.68. The number of carbonyl (C=O) groups is 2. The van der Waals surface area contributed by atoms with Crippen molar-refractivity contribution in [2.24, 2.45) is 0 Å². The molecule has 0 unspecified atom stereocenters. The van der Waals surface area contributed by atoms with Crippen LogP contribution in [0.15, 0.2) is 0 Å². The van der Waals surface area contributed by atoms with Gasteiger partial charge in [0.25, 0.3) is 0 Å². The number of anilines is 1. The molecule has 0 bridgehead atoms. The number of rotatable bonds is 4. The number of carboxylic acids is 1. The molecule has 0 aliphatic rings. The van der Waals surface area contributed by atoms with Crippen LogP contribution < -0.4 is 4.90 Å². The molecule has 1 aromatic heterocycles. The monoisotopic (exact) mass is 320 g/mol. The maximum absolute atomic E-state index is 12.3. The Morgan fingerprint density at radius 2 is 1.85 bits per heavy atom. The van der Waals surface area contributed by atoms with Gasteiger partial charge in [-0.2, -0.15) is 4.37 Å².